The fourth-order valence-electron chi connectivity index (χ4n) is 2.28. The third-order valence-corrected chi connectivity index (χ3v) is 3.56. The molecule has 0 saturated carbocycles. The van der Waals surface area contributed by atoms with Gasteiger partial charge in [0.2, 0.25) is 0 Å². The molecule has 21 heavy (non-hydrogen) atoms. The monoisotopic (exact) mass is 284 g/mol. The summed E-state index contributed by atoms with van der Waals surface area (Å²) in [6.07, 6.45) is 2.68. The van der Waals surface area contributed by atoms with Gasteiger partial charge in [-0.15, -0.1) is 0 Å². The Kier molecular flexibility index (Phi) is 6.38. The van der Waals surface area contributed by atoms with Crippen LogP contribution in [0, 0.1) is 0 Å². The SMILES string of the molecule is CNCC(C)c1ccc(COCCc2ccccn2)cc1. The fourth-order valence-corrected chi connectivity index (χ4v) is 2.28. The smallest absolute Gasteiger partial charge is 0.0717 e. The zero-order chi connectivity index (χ0) is 14.9. The van der Waals surface area contributed by atoms with Crippen molar-refractivity contribution in [1.29, 1.82) is 0 Å². The van der Waals surface area contributed by atoms with E-state index in [2.05, 4.69) is 41.5 Å². The Morgan fingerprint density at radius 2 is 1.95 bits per heavy atom. The maximum absolute atomic E-state index is 5.72. The summed E-state index contributed by atoms with van der Waals surface area (Å²) in [7, 11) is 1.99. The lowest BCUT2D eigenvalue weighted by molar-refractivity contribution is 0.123. The van der Waals surface area contributed by atoms with Gasteiger partial charge in [0, 0.05) is 24.9 Å². The standard InChI is InChI=1S/C18H24N2O/c1-15(13-19-2)17-8-6-16(7-9-17)14-21-12-10-18-5-3-4-11-20-18/h3-9,11,15,19H,10,12-14H2,1-2H3. The van der Waals surface area contributed by atoms with Crippen LogP contribution in [0.3, 0.4) is 0 Å². The van der Waals surface area contributed by atoms with E-state index in [9.17, 15) is 0 Å². The molecule has 112 valence electrons. The molecule has 1 heterocycles. The van der Waals surface area contributed by atoms with Gasteiger partial charge in [-0.05, 0) is 36.2 Å². The molecule has 0 fully saturated rings. The summed E-state index contributed by atoms with van der Waals surface area (Å²) in [5, 5.41) is 3.21. The highest BCUT2D eigenvalue weighted by molar-refractivity contribution is 5.24. The van der Waals surface area contributed by atoms with Gasteiger partial charge >= 0.3 is 0 Å². The highest BCUT2D eigenvalue weighted by atomic mass is 16.5. The van der Waals surface area contributed by atoms with E-state index in [1.807, 2.05) is 31.4 Å². The van der Waals surface area contributed by atoms with Gasteiger partial charge in [0.15, 0.2) is 0 Å². The minimum Gasteiger partial charge on any atom is -0.376 e. The topological polar surface area (TPSA) is 34.1 Å². The van der Waals surface area contributed by atoms with Crippen LogP contribution >= 0.6 is 0 Å². The molecule has 3 heteroatoms. The van der Waals surface area contributed by atoms with Crippen molar-refractivity contribution in [1.82, 2.24) is 10.3 Å². The van der Waals surface area contributed by atoms with Crippen LogP contribution in [-0.2, 0) is 17.8 Å². The Morgan fingerprint density at radius 3 is 2.62 bits per heavy atom. The number of rotatable bonds is 8. The number of nitrogens with zero attached hydrogens (tertiary/aromatic N) is 1. The Balaban J connectivity index is 1.73. The first-order chi connectivity index (χ1) is 10.3. The molecule has 2 aromatic rings. The molecule has 0 radical (unpaired) electrons. The van der Waals surface area contributed by atoms with Crippen LogP contribution in [0.15, 0.2) is 48.7 Å². The highest BCUT2D eigenvalue weighted by Gasteiger charge is 2.04. The average Bonchev–Trinajstić information content (AvgIpc) is 2.53. The zero-order valence-electron chi connectivity index (χ0n) is 12.9. The first-order valence-electron chi connectivity index (χ1n) is 7.50. The molecule has 0 saturated heterocycles. The number of hydrogen-bond donors (Lipinski definition) is 1. The van der Waals surface area contributed by atoms with Crippen LogP contribution in [0.2, 0.25) is 0 Å². The lowest BCUT2D eigenvalue weighted by atomic mass is 10.00. The summed E-state index contributed by atoms with van der Waals surface area (Å²) < 4.78 is 5.72. The maximum atomic E-state index is 5.72. The highest BCUT2D eigenvalue weighted by Crippen LogP contribution is 2.15. The third kappa shape index (κ3) is 5.29. The van der Waals surface area contributed by atoms with Crippen molar-refractivity contribution in [2.45, 2.75) is 25.9 Å². The first kappa shape index (κ1) is 15.7. The van der Waals surface area contributed by atoms with Gasteiger partial charge in [0.1, 0.15) is 0 Å². The summed E-state index contributed by atoms with van der Waals surface area (Å²) >= 11 is 0. The lowest BCUT2D eigenvalue weighted by Crippen LogP contribution is -2.14. The largest absolute Gasteiger partial charge is 0.376 e. The molecule has 0 bridgehead atoms. The molecule has 0 amide bonds. The number of pyridine rings is 1. The van der Waals surface area contributed by atoms with Crippen molar-refractivity contribution >= 4 is 0 Å². The lowest BCUT2D eigenvalue weighted by Gasteiger charge is -2.12. The summed E-state index contributed by atoms with van der Waals surface area (Å²) in [6, 6.07) is 14.7. The van der Waals surface area contributed by atoms with E-state index in [1.54, 1.807) is 0 Å². The van der Waals surface area contributed by atoms with Gasteiger partial charge in [-0.2, -0.15) is 0 Å². The number of aromatic nitrogens is 1. The predicted molar refractivity (Wildman–Crippen MR) is 86.4 cm³/mol. The Hall–Kier alpha value is -1.71. The van der Waals surface area contributed by atoms with Crippen LogP contribution < -0.4 is 5.32 Å². The molecule has 3 nitrogen and oxygen atoms in total. The minimum absolute atomic E-state index is 0.536. The van der Waals surface area contributed by atoms with E-state index in [-0.39, 0.29) is 0 Å². The van der Waals surface area contributed by atoms with Crippen molar-refractivity contribution in [3.05, 3.63) is 65.5 Å². The van der Waals surface area contributed by atoms with Gasteiger partial charge < -0.3 is 10.1 Å². The van der Waals surface area contributed by atoms with Crippen molar-refractivity contribution < 1.29 is 4.74 Å². The van der Waals surface area contributed by atoms with Gasteiger partial charge in [-0.3, -0.25) is 4.98 Å². The quantitative estimate of drug-likeness (QED) is 0.756. The normalized spacial score (nSPS) is 12.3. The Labute approximate surface area is 127 Å². The molecule has 1 aromatic heterocycles. The second kappa shape index (κ2) is 8.55. The number of nitrogens with one attached hydrogen (secondary N) is 1. The van der Waals surface area contributed by atoms with Gasteiger partial charge in [-0.1, -0.05) is 37.3 Å². The summed E-state index contributed by atoms with van der Waals surface area (Å²) in [5.41, 5.74) is 3.66. The molecule has 2 rings (SSSR count). The second-order valence-electron chi connectivity index (χ2n) is 5.32. The van der Waals surface area contributed by atoms with E-state index in [4.69, 9.17) is 4.74 Å². The molecular formula is C18H24N2O. The van der Waals surface area contributed by atoms with E-state index >= 15 is 0 Å². The fraction of sp³-hybridized carbons (Fsp3) is 0.389. The molecule has 1 aromatic carbocycles. The summed E-state index contributed by atoms with van der Waals surface area (Å²) in [5.74, 6) is 0.536. The van der Waals surface area contributed by atoms with E-state index in [0.717, 1.165) is 18.7 Å². The Morgan fingerprint density at radius 1 is 1.14 bits per heavy atom. The number of likely N-dealkylation sites (N-methyl/N-ethyl adjacent to an activating group) is 1. The third-order valence-electron chi connectivity index (χ3n) is 3.56. The van der Waals surface area contributed by atoms with Gasteiger partial charge in [0.05, 0.1) is 13.2 Å². The van der Waals surface area contributed by atoms with Crippen LogP contribution in [0.4, 0.5) is 0 Å². The molecule has 1 N–H and O–H groups in total. The van der Waals surface area contributed by atoms with Crippen LogP contribution in [0.5, 0.6) is 0 Å². The summed E-state index contributed by atoms with van der Waals surface area (Å²) in [4.78, 5) is 4.29. The molecule has 0 aliphatic carbocycles. The first-order valence-corrected chi connectivity index (χ1v) is 7.50. The van der Waals surface area contributed by atoms with Crippen molar-refractivity contribution in [2.24, 2.45) is 0 Å². The van der Waals surface area contributed by atoms with E-state index in [1.165, 1.54) is 11.1 Å². The zero-order valence-corrected chi connectivity index (χ0v) is 12.9. The van der Waals surface area contributed by atoms with Crippen LogP contribution in [-0.4, -0.2) is 25.2 Å². The molecule has 0 spiro atoms. The van der Waals surface area contributed by atoms with Crippen LogP contribution in [0.1, 0.15) is 29.7 Å². The molecule has 0 aliphatic rings. The number of hydrogen-bond acceptors (Lipinski definition) is 3. The van der Waals surface area contributed by atoms with Crippen LogP contribution in [0.25, 0.3) is 0 Å². The van der Waals surface area contributed by atoms with Gasteiger partial charge in [0.25, 0.3) is 0 Å². The molecule has 1 unspecified atom stereocenters. The van der Waals surface area contributed by atoms with Crippen molar-refractivity contribution in [2.75, 3.05) is 20.2 Å². The predicted octanol–water partition coefficient (Wildman–Crippen LogP) is 3.16. The average molecular weight is 284 g/mol. The molecule has 1 atom stereocenters. The minimum atomic E-state index is 0.536. The van der Waals surface area contributed by atoms with E-state index in [0.29, 0.717) is 19.1 Å². The van der Waals surface area contributed by atoms with Gasteiger partial charge in [-0.25, -0.2) is 0 Å². The number of ether oxygens (including phenoxy) is 1. The van der Waals surface area contributed by atoms with Crippen molar-refractivity contribution in [3.8, 4) is 0 Å². The maximum Gasteiger partial charge on any atom is 0.0717 e. The Bertz CT molecular complexity index is 511. The van der Waals surface area contributed by atoms with Crippen molar-refractivity contribution in [3.63, 3.8) is 0 Å². The summed E-state index contributed by atoms with van der Waals surface area (Å²) in [6.45, 7) is 4.59. The molecule has 0 aliphatic heterocycles. The number of benzene rings is 1. The second-order valence-corrected chi connectivity index (χ2v) is 5.32. The van der Waals surface area contributed by atoms with E-state index < -0.39 is 0 Å². The molecular weight excluding hydrogens is 260 g/mol.